The van der Waals surface area contributed by atoms with Crippen LogP contribution in [0.1, 0.15) is 0 Å². The third kappa shape index (κ3) is 2.50. The van der Waals surface area contributed by atoms with Crippen molar-refractivity contribution in [1.29, 1.82) is 0 Å². The number of hydrogen-bond acceptors (Lipinski definition) is 3. The number of amides is 2. The van der Waals surface area contributed by atoms with Crippen molar-refractivity contribution in [2.24, 2.45) is 0 Å². The first-order chi connectivity index (χ1) is 9.43. The summed E-state index contributed by atoms with van der Waals surface area (Å²) in [6.45, 7) is 0. The fraction of sp³-hybridized carbons (Fsp3) is 0.0833. The molecule has 0 aliphatic heterocycles. The van der Waals surface area contributed by atoms with Crippen molar-refractivity contribution in [2.45, 2.75) is 0 Å². The van der Waals surface area contributed by atoms with Crippen LogP contribution in [0.25, 0.3) is 10.9 Å². The van der Waals surface area contributed by atoms with Gasteiger partial charge in [-0.05, 0) is 18.2 Å². The Bertz CT molecular complexity index is 723. The number of fused-ring (bicyclic) bond motifs is 1. The third-order valence-electron chi connectivity index (χ3n) is 2.65. The van der Waals surface area contributed by atoms with Crippen LogP contribution in [0.4, 0.5) is 10.5 Å². The molecule has 104 valence electrons. The Balaban J connectivity index is 2.53. The van der Waals surface area contributed by atoms with E-state index in [0.717, 1.165) is 9.04 Å². The van der Waals surface area contributed by atoms with Crippen LogP contribution in [0.5, 0.6) is 0 Å². The molecule has 2 aromatic rings. The number of hydrogen-bond donors (Lipinski definition) is 3. The van der Waals surface area contributed by atoms with Crippen molar-refractivity contribution in [3.05, 3.63) is 28.9 Å². The van der Waals surface area contributed by atoms with E-state index in [1.807, 2.05) is 0 Å². The van der Waals surface area contributed by atoms with Crippen LogP contribution in [-0.4, -0.2) is 34.6 Å². The second-order valence-corrected chi connectivity index (χ2v) is 4.81. The molecule has 0 bridgehead atoms. The Hall–Kier alpha value is -2.35. The Morgan fingerprint density at radius 1 is 1.25 bits per heavy atom. The number of anilines is 1. The SMILES string of the molecule is CNC(=O)C(=O)Nc1cn(C(=O)O)c2ccc(Br)cc12. The van der Waals surface area contributed by atoms with Gasteiger partial charge in [0.2, 0.25) is 0 Å². The van der Waals surface area contributed by atoms with Gasteiger partial charge in [0.05, 0.1) is 11.2 Å². The molecule has 0 saturated heterocycles. The number of benzene rings is 1. The first-order valence-corrected chi connectivity index (χ1v) is 6.30. The van der Waals surface area contributed by atoms with Gasteiger partial charge in [-0.2, -0.15) is 0 Å². The number of likely N-dealkylation sites (N-methyl/N-ethyl adjacent to an activating group) is 1. The van der Waals surface area contributed by atoms with E-state index >= 15 is 0 Å². The van der Waals surface area contributed by atoms with E-state index in [1.165, 1.54) is 13.2 Å². The lowest BCUT2D eigenvalue weighted by Gasteiger charge is -2.02. The van der Waals surface area contributed by atoms with Crippen LogP contribution in [0.15, 0.2) is 28.9 Å². The molecule has 1 aromatic heterocycles. The Morgan fingerprint density at radius 2 is 1.95 bits per heavy atom. The lowest BCUT2D eigenvalue weighted by atomic mass is 10.2. The van der Waals surface area contributed by atoms with Gasteiger partial charge >= 0.3 is 17.9 Å². The van der Waals surface area contributed by atoms with E-state index in [-0.39, 0.29) is 5.69 Å². The zero-order chi connectivity index (χ0) is 14.9. The topological polar surface area (TPSA) is 100 Å². The summed E-state index contributed by atoms with van der Waals surface area (Å²) in [4.78, 5) is 33.9. The number of carbonyl (C=O) groups is 3. The fourth-order valence-electron chi connectivity index (χ4n) is 1.75. The maximum absolute atomic E-state index is 11.6. The third-order valence-corrected chi connectivity index (χ3v) is 3.15. The van der Waals surface area contributed by atoms with Gasteiger partial charge in [0, 0.05) is 23.1 Å². The fourth-order valence-corrected chi connectivity index (χ4v) is 2.11. The number of carbonyl (C=O) groups excluding carboxylic acids is 2. The molecule has 0 atom stereocenters. The molecule has 7 nitrogen and oxygen atoms in total. The molecule has 0 saturated carbocycles. The van der Waals surface area contributed by atoms with E-state index < -0.39 is 17.9 Å². The molecule has 0 aliphatic rings. The molecule has 0 unspecified atom stereocenters. The summed E-state index contributed by atoms with van der Waals surface area (Å²) < 4.78 is 1.70. The average molecular weight is 340 g/mol. The molecule has 0 radical (unpaired) electrons. The largest absolute Gasteiger partial charge is 0.464 e. The molecule has 1 aromatic carbocycles. The van der Waals surface area contributed by atoms with Crippen molar-refractivity contribution >= 4 is 50.4 Å². The lowest BCUT2D eigenvalue weighted by Crippen LogP contribution is -2.32. The second-order valence-electron chi connectivity index (χ2n) is 3.89. The highest BCUT2D eigenvalue weighted by atomic mass is 79.9. The lowest BCUT2D eigenvalue weighted by molar-refractivity contribution is -0.135. The zero-order valence-corrected chi connectivity index (χ0v) is 11.9. The maximum Gasteiger partial charge on any atom is 0.416 e. The molecule has 3 N–H and O–H groups in total. The molecule has 0 aliphatic carbocycles. The van der Waals surface area contributed by atoms with Gasteiger partial charge in [-0.3, -0.25) is 14.2 Å². The number of halogens is 1. The quantitative estimate of drug-likeness (QED) is 0.687. The van der Waals surface area contributed by atoms with Gasteiger partial charge in [0.15, 0.2) is 0 Å². The van der Waals surface area contributed by atoms with Gasteiger partial charge in [-0.1, -0.05) is 15.9 Å². The van der Waals surface area contributed by atoms with Gasteiger partial charge < -0.3 is 15.7 Å². The molecule has 8 heteroatoms. The first-order valence-electron chi connectivity index (χ1n) is 5.51. The summed E-state index contributed by atoms with van der Waals surface area (Å²) in [7, 11) is 1.33. The molecule has 20 heavy (non-hydrogen) atoms. The van der Waals surface area contributed by atoms with Crippen molar-refractivity contribution < 1.29 is 19.5 Å². The normalized spacial score (nSPS) is 10.3. The minimum Gasteiger partial charge on any atom is -0.464 e. The van der Waals surface area contributed by atoms with Crippen LogP contribution >= 0.6 is 15.9 Å². The van der Waals surface area contributed by atoms with E-state index in [1.54, 1.807) is 18.2 Å². The van der Waals surface area contributed by atoms with Crippen LogP contribution in [0, 0.1) is 0 Å². The minimum absolute atomic E-state index is 0.248. The number of nitrogens with one attached hydrogen (secondary N) is 2. The van der Waals surface area contributed by atoms with E-state index in [2.05, 4.69) is 26.6 Å². The van der Waals surface area contributed by atoms with Crippen LogP contribution in [-0.2, 0) is 9.59 Å². The number of aromatic nitrogens is 1. The van der Waals surface area contributed by atoms with Crippen LogP contribution in [0.3, 0.4) is 0 Å². The summed E-state index contributed by atoms with van der Waals surface area (Å²) in [6, 6.07) is 4.95. The molecule has 0 fully saturated rings. The predicted molar refractivity (Wildman–Crippen MR) is 75.8 cm³/mol. The van der Waals surface area contributed by atoms with Gasteiger partial charge in [-0.25, -0.2) is 4.79 Å². The minimum atomic E-state index is -1.18. The average Bonchev–Trinajstić information content (AvgIpc) is 2.76. The van der Waals surface area contributed by atoms with Gasteiger partial charge in [0.1, 0.15) is 0 Å². The van der Waals surface area contributed by atoms with E-state index in [9.17, 15) is 14.4 Å². The maximum atomic E-state index is 11.6. The van der Waals surface area contributed by atoms with Crippen LogP contribution < -0.4 is 10.6 Å². The van der Waals surface area contributed by atoms with E-state index in [4.69, 9.17) is 5.11 Å². The number of rotatable bonds is 1. The molecular formula is C12H10BrN3O4. The predicted octanol–water partition coefficient (Wildman–Crippen LogP) is 1.61. The zero-order valence-electron chi connectivity index (χ0n) is 10.3. The first kappa shape index (κ1) is 14.1. The van der Waals surface area contributed by atoms with Gasteiger partial charge in [0.25, 0.3) is 0 Å². The highest BCUT2D eigenvalue weighted by Gasteiger charge is 2.17. The summed E-state index contributed by atoms with van der Waals surface area (Å²) in [5, 5.41) is 14.2. The molecule has 0 spiro atoms. The molecular weight excluding hydrogens is 330 g/mol. The van der Waals surface area contributed by atoms with E-state index in [0.29, 0.717) is 10.9 Å². The standard InChI is InChI=1S/C12H10BrN3O4/c1-14-10(17)11(18)15-8-5-16(12(19)20)9-3-2-6(13)4-7(8)9/h2-5H,1H3,(H,14,17)(H,15,18)(H,19,20). The molecule has 2 amide bonds. The van der Waals surface area contributed by atoms with Crippen molar-refractivity contribution in [2.75, 3.05) is 12.4 Å². The van der Waals surface area contributed by atoms with Crippen molar-refractivity contribution in [3.63, 3.8) is 0 Å². The molecule has 1 heterocycles. The number of nitrogens with zero attached hydrogens (tertiary/aromatic N) is 1. The highest BCUT2D eigenvalue weighted by Crippen LogP contribution is 2.28. The second kappa shape index (κ2) is 5.33. The Kier molecular flexibility index (Phi) is 3.75. The monoisotopic (exact) mass is 339 g/mol. The smallest absolute Gasteiger partial charge is 0.416 e. The van der Waals surface area contributed by atoms with Crippen LogP contribution in [0.2, 0.25) is 0 Å². The highest BCUT2D eigenvalue weighted by molar-refractivity contribution is 9.10. The summed E-state index contributed by atoms with van der Waals surface area (Å²) in [6.07, 6.45) is 0.0677. The number of carboxylic acid groups (broad SMARTS) is 1. The summed E-state index contributed by atoms with van der Waals surface area (Å²) in [5.41, 5.74) is 0.658. The Morgan fingerprint density at radius 3 is 2.55 bits per heavy atom. The van der Waals surface area contributed by atoms with Crippen molar-refractivity contribution in [1.82, 2.24) is 9.88 Å². The summed E-state index contributed by atoms with van der Waals surface area (Å²) >= 11 is 3.27. The molecule has 2 rings (SSSR count). The summed E-state index contributed by atoms with van der Waals surface area (Å²) in [5.74, 6) is -1.67. The van der Waals surface area contributed by atoms with Gasteiger partial charge in [-0.15, -0.1) is 0 Å². The van der Waals surface area contributed by atoms with Crippen molar-refractivity contribution in [3.8, 4) is 0 Å². The Labute approximate surface area is 121 Å².